The zero-order valence-electron chi connectivity index (χ0n) is 42.2. The Bertz CT molecular complexity index is 4180. The van der Waals surface area contributed by atoms with Crippen LogP contribution in [0.5, 0.6) is 11.5 Å². The molecule has 0 radical (unpaired) electrons. The maximum atomic E-state index is 12.8. The molecule has 0 fully saturated rings. The van der Waals surface area contributed by atoms with Crippen LogP contribution in [0.15, 0.2) is 167 Å². The van der Waals surface area contributed by atoms with Crippen molar-refractivity contribution in [2.24, 2.45) is 0 Å². The number of nitrogens with one attached hydrogen (secondary N) is 1. The number of aromatic hydroxyl groups is 1. The van der Waals surface area contributed by atoms with Crippen molar-refractivity contribution in [1.82, 2.24) is 44.1 Å². The Labute approximate surface area is 449 Å². The Hall–Kier alpha value is -10.3. The zero-order valence-corrected chi connectivity index (χ0v) is 43.0. The fourth-order valence-electron chi connectivity index (χ4n) is 7.67. The van der Waals surface area contributed by atoms with Crippen molar-refractivity contribution in [3.63, 3.8) is 0 Å². The van der Waals surface area contributed by atoms with Gasteiger partial charge in [-0.15, -0.1) is 14.2 Å². The minimum Gasteiger partial charge on any atom is -0.507 e. The van der Waals surface area contributed by atoms with Gasteiger partial charge in [-0.3, -0.25) is 24.5 Å². The molecule has 0 saturated carbocycles. The Morgan fingerprint density at radius 2 is 0.975 bits per heavy atom. The number of nitro groups is 1. The minimum atomic E-state index is -5.99. The molecule has 0 aliphatic rings. The van der Waals surface area contributed by atoms with Gasteiger partial charge >= 0.3 is 15.6 Å². The summed E-state index contributed by atoms with van der Waals surface area (Å²) >= 11 is 0. The number of nitrogens with zero attached hydrogens (tertiary/aromatic N) is 10. The predicted octanol–water partition coefficient (Wildman–Crippen LogP) is 6.64. The molecule has 80 heavy (non-hydrogen) atoms. The SMILES string of the molecule is Cc1ncnc2c1c(NCc1cccc([N+](=O)[O-])c1)cc(=O)n2OCc1ccccc1.Cc1ncnc2c1c(O)cc(=O)n2OCc1ccccc1.Cc1ncnc2c1c(OS(=O)(=O)C(F)(F)F)cc(=O)n2OCc1ccccc1. The maximum absolute atomic E-state index is 12.8. The first-order valence-electron chi connectivity index (χ1n) is 23.6. The molecule has 4 aromatic carbocycles. The van der Waals surface area contributed by atoms with Gasteiger partial charge in [-0.2, -0.15) is 21.6 Å². The van der Waals surface area contributed by atoms with E-state index in [0.717, 1.165) is 37.7 Å². The number of benzene rings is 4. The molecule has 410 valence electrons. The molecular formula is C53H44F3N11O12S. The Balaban J connectivity index is 0.000000161. The lowest BCUT2D eigenvalue weighted by molar-refractivity contribution is -0.384. The highest BCUT2D eigenvalue weighted by Gasteiger charge is 2.49. The number of halogens is 3. The Kier molecular flexibility index (Phi) is 17.0. The lowest BCUT2D eigenvalue weighted by Gasteiger charge is -2.15. The van der Waals surface area contributed by atoms with Gasteiger partial charge in [0.1, 0.15) is 44.6 Å². The molecule has 0 unspecified atom stereocenters. The molecule has 10 rings (SSSR count). The van der Waals surface area contributed by atoms with Crippen molar-refractivity contribution in [2.45, 2.75) is 52.6 Å². The third kappa shape index (κ3) is 13.1. The first kappa shape index (κ1) is 55.9. The van der Waals surface area contributed by atoms with Crippen molar-refractivity contribution in [3.05, 3.63) is 233 Å². The third-order valence-electron chi connectivity index (χ3n) is 11.5. The van der Waals surface area contributed by atoms with Gasteiger partial charge in [0.15, 0.2) is 22.7 Å². The van der Waals surface area contributed by atoms with E-state index >= 15 is 0 Å². The topological polar surface area (TPSA) is 290 Å². The molecule has 6 heterocycles. The molecule has 0 aliphatic heterocycles. The monoisotopic (exact) mass is 1120 g/mol. The summed E-state index contributed by atoms with van der Waals surface area (Å²) in [6.07, 6.45) is 3.77. The predicted molar refractivity (Wildman–Crippen MR) is 283 cm³/mol. The molecule has 0 saturated heterocycles. The van der Waals surface area contributed by atoms with E-state index in [-0.39, 0.29) is 59.2 Å². The normalized spacial score (nSPS) is 11.2. The van der Waals surface area contributed by atoms with Gasteiger partial charge in [0, 0.05) is 30.8 Å². The first-order chi connectivity index (χ1) is 38.3. The van der Waals surface area contributed by atoms with Crippen LogP contribution in [0.25, 0.3) is 33.1 Å². The average molecular weight is 1120 g/mol. The molecule has 27 heteroatoms. The number of rotatable bonds is 15. The average Bonchev–Trinajstić information content (AvgIpc) is 3.45. The van der Waals surface area contributed by atoms with Gasteiger partial charge in [0.25, 0.3) is 22.4 Å². The summed E-state index contributed by atoms with van der Waals surface area (Å²) in [7, 11) is -5.99. The number of pyridine rings is 3. The van der Waals surface area contributed by atoms with Crippen LogP contribution in [-0.4, -0.2) is 68.1 Å². The number of alkyl halides is 3. The van der Waals surface area contributed by atoms with Crippen LogP contribution in [0.2, 0.25) is 0 Å². The summed E-state index contributed by atoms with van der Waals surface area (Å²) in [6, 6.07) is 37.2. The number of aromatic nitrogens is 9. The molecule has 0 amide bonds. The fourth-order valence-corrected chi connectivity index (χ4v) is 8.13. The Morgan fingerprint density at radius 1 is 0.562 bits per heavy atom. The second-order valence-electron chi connectivity index (χ2n) is 17.0. The van der Waals surface area contributed by atoms with E-state index in [0.29, 0.717) is 57.2 Å². The van der Waals surface area contributed by atoms with Crippen molar-refractivity contribution >= 4 is 54.6 Å². The quantitative estimate of drug-likeness (QED) is 0.0470. The maximum Gasteiger partial charge on any atom is 0.534 e. The van der Waals surface area contributed by atoms with Gasteiger partial charge in [0.05, 0.1) is 49.9 Å². The number of hydrogen-bond donors (Lipinski definition) is 2. The van der Waals surface area contributed by atoms with Crippen LogP contribution in [0, 0.1) is 30.9 Å². The number of hydrogen-bond acceptors (Lipinski definition) is 19. The highest BCUT2D eigenvalue weighted by molar-refractivity contribution is 7.88. The van der Waals surface area contributed by atoms with Gasteiger partial charge in [-0.1, -0.05) is 103 Å². The van der Waals surface area contributed by atoms with Crippen molar-refractivity contribution < 1.29 is 50.3 Å². The largest absolute Gasteiger partial charge is 0.534 e. The van der Waals surface area contributed by atoms with Gasteiger partial charge < -0.3 is 29.1 Å². The van der Waals surface area contributed by atoms with Crippen LogP contribution in [0.3, 0.4) is 0 Å². The lowest BCUT2D eigenvalue weighted by atomic mass is 10.1. The second-order valence-corrected chi connectivity index (χ2v) is 18.5. The summed E-state index contributed by atoms with van der Waals surface area (Å²) < 4.78 is 67.8. The number of fused-ring (bicyclic) bond motifs is 3. The summed E-state index contributed by atoms with van der Waals surface area (Å²) in [5.41, 5.74) is -1.98. The molecule has 6 aromatic heterocycles. The van der Waals surface area contributed by atoms with Crippen molar-refractivity contribution in [1.29, 1.82) is 0 Å². The van der Waals surface area contributed by atoms with Gasteiger partial charge in [-0.05, 0) is 43.0 Å². The van der Waals surface area contributed by atoms with Crippen LogP contribution in [-0.2, 0) is 36.5 Å². The number of anilines is 1. The van der Waals surface area contributed by atoms with Crippen LogP contribution in [0.4, 0.5) is 24.5 Å². The van der Waals surface area contributed by atoms with Gasteiger partial charge in [0.2, 0.25) is 0 Å². The summed E-state index contributed by atoms with van der Waals surface area (Å²) in [5, 5.41) is 24.9. The molecule has 0 aliphatic carbocycles. The molecular weight excluding hydrogens is 1070 g/mol. The van der Waals surface area contributed by atoms with E-state index in [4.69, 9.17) is 14.5 Å². The highest BCUT2D eigenvalue weighted by Crippen LogP contribution is 2.31. The molecule has 0 bridgehead atoms. The second kappa shape index (κ2) is 24.3. The summed E-state index contributed by atoms with van der Waals surface area (Å²) in [4.78, 5) is 88.7. The third-order valence-corrected chi connectivity index (χ3v) is 12.4. The standard InChI is InChI=1S/C22H19N5O4.C16H12F3N3O5S.C15H13N3O3/c1-15-21-19(23-12-17-8-5-9-18(10-17)27(29)30)11-20(28)26(22(21)25-14-24-15)31-13-16-6-3-2-4-7-16;1-10-14-12(27-28(24,25)16(17,18)19)7-13(23)22(15(14)21-9-20-10)26-8-11-5-3-2-4-6-11;1-10-14-12(19)7-13(20)18(15(14)17-9-16-10)21-8-11-5-3-2-4-6-11/h2-11,14,23H,12-13H2,1H3;2-7,9H,8H2,1H3;2-7,9,19H,8H2,1H3. The van der Waals surface area contributed by atoms with E-state index in [1.54, 1.807) is 49.4 Å². The van der Waals surface area contributed by atoms with Gasteiger partial charge in [-0.25, -0.2) is 29.9 Å². The molecule has 10 aromatic rings. The molecule has 2 N–H and O–H groups in total. The minimum absolute atomic E-state index is 0.00778. The highest BCUT2D eigenvalue weighted by atomic mass is 32.2. The van der Waals surface area contributed by atoms with E-state index in [1.807, 2.05) is 67.6 Å². The van der Waals surface area contributed by atoms with Crippen LogP contribution < -0.4 is 40.7 Å². The van der Waals surface area contributed by atoms with E-state index in [9.17, 15) is 51.2 Å². The number of non-ortho nitro benzene ring substituents is 1. The smallest absolute Gasteiger partial charge is 0.507 e. The van der Waals surface area contributed by atoms with Crippen molar-refractivity contribution in [3.8, 4) is 11.5 Å². The molecule has 0 atom stereocenters. The zero-order chi connectivity index (χ0) is 57.1. The van der Waals surface area contributed by atoms with Crippen LogP contribution >= 0.6 is 0 Å². The van der Waals surface area contributed by atoms with Crippen molar-refractivity contribution in [2.75, 3.05) is 5.32 Å². The number of nitro benzene ring substituents is 1. The van der Waals surface area contributed by atoms with Crippen LogP contribution in [0.1, 0.15) is 39.3 Å². The van der Waals surface area contributed by atoms with E-state index < -0.39 is 37.4 Å². The lowest BCUT2D eigenvalue weighted by Crippen LogP contribution is -2.31. The molecule has 23 nitrogen and oxygen atoms in total. The Morgan fingerprint density at radius 3 is 1.45 bits per heavy atom. The summed E-state index contributed by atoms with van der Waals surface area (Å²) in [5.74, 6) is -0.984. The fraction of sp³-hybridized carbons (Fsp3) is 0.151. The summed E-state index contributed by atoms with van der Waals surface area (Å²) in [6.45, 7) is 5.62. The first-order valence-corrected chi connectivity index (χ1v) is 25.0. The van der Waals surface area contributed by atoms with E-state index in [2.05, 4.69) is 39.4 Å². The van der Waals surface area contributed by atoms with E-state index in [1.165, 1.54) is 37.8 Å². The number of aryl methyl sites for hydroxylation is 3. The molecule has 0 spiro atoms.